The van der Waals surface area contributed by atoms with Gasteiger partial charge in [-0.1, -0.05) is 6.92 Å². The zero-order chi connectivity index (χ0) is 14.7. The number of carbonyl (C=O) groups is 1. The van der Waals surface area contributed by atoms with Crippen molar-refractivity contribution < 1.29 is 9.90 Å². The SMILES string of the molecule is CCC1(C(=O)NCC(C)(C)O)CCN(C(C)C)CC1. The second-order valence-corrected chi connectivity index (χ2v) is 6.76. The molecule has 1 saturated heterocycles. The average molecular weight is 270 g/mol. The Kier molecular flexibility index (Phi) is 5.39. The van der Waals surface area contributed by atoms with E-state index >= 15 is 0 Å². The highest BCUT2D eigenvalue weighted by Gasteiger charge is 2.40. The van der Waals surface area contributed by atoms with Crippen LogP contribution in [0.25, 0.3) is 0 Å². The van der Waals surface area contributed by atoms with E-state index in [0.29, 0.717) is 12.6 Å². The van der Waals surface area contributed by atoms with Gasteiger partial charge in [0.15, 0.2) is 0 Å². The Morgan fingerprint density at radius 1 is 1.37 bits per heavy atom. The Morgan fingerprint density at radius 3 is 2.26 bits per heavy atom. The van der Waals surface area contributed by atoms with Gasteiger partial charge in [0.1, 0.15) is 0 Å². The number of rotatable bonds is 5. The Balaban J connectivity index is 2.60. The number of hydrogen-bond donors (Lipinski definition) is 2. The van der Waals surface area contributed by atoms with E-state index in [-0.39, 0.29) is 11.3 Å². The lowest BCUT2D eigenvalue weighted by atomic mass is 9.75. The topological polar surface area (TPSA) is 52.6 Å². The number of nitrogens with one attached hydrogen (secondary N) is 1. The lowest BCUT2D eigenvalue weighted by Gasteiger charge is -2.42. The van der Waals surface area contributed by atoms with Crippen molar-refractivity contribution in [3.05, 3.63) is 0 Å². The van der Waals surface area contributed by atoms with Crippen molar-refractivity contribution >= 4 is 5.91 Å². The molecule has 0 aromatic carbocycles. The molecule has 4 nitrogen and oxygen atoms in total. The maximum absolute atomic E-state index is 12.4. The lowest BCUT2D eigenvalue weighted by Crippen LogP contribution is -2.52. The highest BCUT2D eigenvalue weighted by Crippen LogP contribution is 2.35. The molecule has 19 heavy (non-hydrogen) atoms. The van der Waals surface area contributed by atoms with Crippen molar-refractivity contribution in [3.63, 3.8) is 0 Å². The highest BCUT2D eigenvalue weighted by atomic mass is 16.3. The van der Waals surface area contributed by atoms with Crippen LogP contribution in [0.4, 0.5) is 0 Å². The summed E-state index contributed by atoms with van der Waals surface area (Å²) in [6, 6.07) is 0.550. The average Bonchev–Trinajstić information content (AvgIpc) is 2.35. The van der Waals surface area contributed by atoms with Crippen LogP contribution >= 0.6 is 0 Å². The first-order chi connectivity index (χ1) is 8.70. The zero-order valence-electron chi connectivity index (χ0n) is 13.1. The van der Waals surface area contributed by atoms with E-state index < -0.39 is 5.60 Å². The normalized spacial score (nSPS) is 20.6. The first-order valence-electron chi connectivity index (χ1n) is 7.45. The molecule has 0 unspecified atom stereocenters. The number of carbonyl (C=O) groups excluding carboxylic acids is 1. The molecule has 0 bridgehead atoms. The molecule has 1 amide bonds. The highest BCUT2D eigenvalue weighted by molar-refractivity contribution is 5.82. The molecule has 1 fully saturated rings. The molecule has 4 heteroatoms. The maximum atomic E-state index is 12.4. The third-order valence-corrected chi connectivity index (χ3v) is 4.33. The van der Waals surface area contributed by atoms with Gasteiger partial charge in [-0.2, -0.15) is 0 Å². The van der Waals surface area contributed by atoms with Gasteiger partial charge < -0.3 is 15.3 Å². The standard InChI is InChI=1S/C15H30N2O2/c1-6-15(13(18)16-11-14(4,5)19)7-9-17(10-8-15)12(2)3/h12,19H,6-11H2,1-5H3,(H,16,18). The predicted molar refractivity (Wildman–Crippen MR) is 78.0 cm³/mol. The molecular formula is C15H30N2O2. The number of aliphatic hydroxyl groups is 1. The van der Waals surface area contributed by atoms with E-state index in [1.165, 1.54) is 0 Å². The summed E-state index contributed by atoms with van der Waals surface area (Å²) in [6.07, 6.45) is 2.70. The second-order valence-electron chi connectivity index (χ2n) is 6.76. The third-order valence-electron chi connectivity index (χ3n) is 4.33. The fourth-order valence-corrected chi connectivity index (χ4v) is 2.69. The van der Waals surface area contributed by atoms with Crippen LogP contribution in [-0.2, 0) is 4.79 Å². The summed E-state index contributed by atoms with van der Waals surface area (Å²) in [6.45, 7) is 12.2. The molecule has 0 saturated carbocycles. The fourth-order valence-electron chi connectivity index (χ4n) is 2.69. The number of piperidine rings is 1. The number of nitrogens with zero attached hydrogens (tertiary/aromatic N) is 1. The van der Waals surface area contributed by atoms with Crippen molar-refractivity contribution in [3.8, 4) is 0 Å². The van der Waals surface area contributed by atoms with Crippen LogP contribution in [0.15, 0.2) is 0 Å². The number of hydrogen-bond acceptors (Lipinski definition) is 3. The minimum absolute atomic E-state index is 0.112. The minimum atomic E-state index is -0.844. The van der Waals surface area contributed by atoms with E-state index in [1.54, 1.807) is 13.8 Å². The lowest BCUT2D eigenvalue weighted by molar-refractivity contribution is -0.135. The van der Waals surface area contributed by atoms with E-state index in [2.05, 4.69) is 31.0 Å². The van der Waals surface area contributed by atoms with Gasteiger partial charge in [-0.15, -0.1) is 0 Å². The largest absolute Gasteiger partial charge is 0.389 e. The number of likely N-dealkylation sites (tertiary alicyclic amines) is 1. The van der Waals surface area contributed by atoms with E-state index in [4.69, 9.17) is 0 Å². The smallest absolute Gasteiger partial charge is 0.226 e. The van der Waals surface area contributed by atoms with Crippen molar-refractivity contribution in [2.75, 3.05) is 19.6 Å². The van der Waals surface area contributed by atoms with E-state index in [1.807, 2.05) is 0 Å². The molecule has 112 valence electrons. The summed E-state index contributed by atoms with van der Waals surface area (Å²) in [5, 5.41) is 12.6. The molecule has 0 aromatic heterocycles. The molecular weight excluding hydrogens is 240 g/mol. The minimum Gasteiger partial charge on any atom is -0.389 e. The molecule has 1 aliphatic rings. The molecule has 2 N–H and O–H groups in total. The molecule has 1 rings (SSSR count). The van der Waals surface area contributed by atoms with Crippen molar-refractivity contribution in [1.29, 1.82) is 0 Å². The molecule has 0 spiro atoms. The van der Waals surface area contributed by atoms with Gasteiger partial charge in [0.2, 0.25) is 5.91 Å². The van der Waals surface area contributed by atoms with Gasteiger partial charge >= 0.3 is 0 Å². The number of amides is 1. The first-order valence-corrected chi connectivity index (χ1v) is 7.45. The van der Waals surface area contributed by atoms with Gasteiger partial charge in [-0.25, -0.2) is 0 Å². The third kappa shape index (κ3) is 4.46. The predicted octanol–water partition coefficient (Wildman–Crippen LogP) is 1.77. The van der Waals surface area contributed by atoms with Crippen LogP contribution < -0.4 is 5.32 Å². The molecule has 0 atom stereocenters. The Bertz CT molecular complexity index is 300. The van der Waals surface area contributed by atoms with Crippen LogP contribution in [0.2, 0.25) is 0 Å². The summed E-state index contributed by atoms with van der Waals surface area (Å²) in [7, 11) is 0. The molecule has 0 aliphatic carbocycles. The van der Waals surface area contributed by atoms with Crippen molar-refractivity contribution in [2.24, 2.45) is 5.41 Å². The van der Waals surface area contributed by atoms with Crippen molar-refractivity contribution in [1.82, 2.24) is 10.2 Å². The summed E-state index contributed by atoms with van der Waals surface area (Å²) >= 11 is 0. The Hall–Kier alpha value is -0.610. The van der Waals surface area contributed by atoms with Crippen LogP contribution in [0.3, 0.4) is 0 Å². The monoisotopic (exact) mass is 270 g/mol. The fraction of sp³-hybridized carbons (Fsp3) is 0.933. The van der Waals surface area contributed by atoms with Gasteiger partial charge in [-0.3, -0.25) is 4.79 Å². The maximum Gasteiger partial charge on any atom is 0.226 e. The second kappa shape index (κ2) is 6.23. The van der Waals surface area contributed by atoms with Gasteiger partial charge in [0.25, 0.3) is 0 Å². The Labute approximate surface area is 117 Å². The van der Waals surface area contributed by atoms with Crippen LogP contribution in [0.5, 0.6) is 0 Å². The van der Waals surface area contributed by atoms with E-state index in [0.717, 1.165) is 32.4 Å². The quantitative estimate of drug-likeness (QED) is 0.800. The van der Waals surface area contributed by atoms with Crippen LogP contribution in [-0.4, -0.2) is 47.2 Å². The Morgan fingerprint density at radius 2 is 1.89 bits per heavy atom. The van der Waals surface area contributed by atoms with Crippen molar-refractivity contribution in [2.45, 2.75) is 65.5 Å². The van der Waals surface area contributed by atoms with Crippen LogP contribution in [0, 0.1) is 5.41 Å². The summed E-state index contributed by atoms with van der Waals surface area (Å²) in [5.74, 6) is 0.112. The molecule has 1 heterocycles. The van der Waals surface area contributed by atoms with Gasteiger partial charge in [-0.05, 0) is 60.0 Å². The zero-order valence-corrected chi connectivity index (χ0v) is 13.1. The van der Waals surface area contributed by atoms with Crippen LogP contribution in [0.1, 0.15) is 53.9 Å². The summed E-state index contributed by atoms with van der Waals surface area (Å²) < 4.78 is 0. The summed E-state index contributed by atoms with van der Waals surface area (Å²) in [5.41, 5.74) is -1.08. The molecule has 0 aromatic rings. The van der Waals surface area contributed by atoms with Gasteiger partial charge in [0.05, 0.1) is 11.0 Å². The molecule has 1 aliphatic heterocycles. The first kappa shape index (κ1) is 16.4. The summed E-state index contributed by atoms with van der Waals surface area (Å²) in [4.78, 5) is 14.9. The van der Waals surface area contributed by atoms with E-state index in [9.17, 15) is 9.90 Å². The van der Waals surface area contributed by atoms with Gasteiger partial charge in [0, 0.05) is 12.6 Å². The molecule has 0 radical (unpaired) electrons.